The number of aryl methyl sites for hydroxylation is 2. The molecule has 130 valence electrons. The molecule has 1 aromatic heterocycles. The SMILES string of the molecule is Cc1ccc(Cc2nc(SCc3cccc(C)c3)nc(N)c2C#N)cc1. The Morgan fingerprint density at radius 2 is 1.77 bits per heavy atom. The van der Waals surface area contributed by atoms with Crippen LogP contribution in [-0.2, 0) is 12.2 Å². The zero-order valence-corrected chi connectivity index (χ0v) is 15.7. The highest BCUT2D eigenvalue weighted by atomic mass is 32.2. The summed E-state index contributed by atoms with van der Waals surface area (Å²) in [6.07, 6.45) is 0.563. The molecule has 0 aliphatic rings. The van der Waals surface area contributed by atoms with Crippen molar-refractivity contribution in [3.8, 4) is 6.07 Å². The highest BCUT2D eigenvalue weighted by Crippen LogP contribution is 2.24. The second-order valence-corrected chi connectivity index (χ2v) is 7.21. The van der Waals surface area contributed by atoms with Gasteiger partial charge in [-0.2, -0.15) is 5.26 Å². The summed E-state index contributed by atoms with van der Waals surface area (Å²) < 4.78 is 0. The molecule has 0 spiro atoms. The predicted molar refractivity (Wildman–Crippen MR) is 106 cm³/mol. The molecule has 3 aromatic rings. The van der Waals surface area contributed by atoms with Gasteiger partial charge >= 0.3 is 0 Å². The summed E-state index contributed by atoms with van der Waals surface area (Å²) in [5, 5.41) is 10.0. The monoisotopic (exact) mass is 360 g/mol. The molecule has 4 nitrogen and oxygen atoms in total. The van der Waals surface area contributed by atoms with Gasteiger partial charge in [0.1, 0.15) is 17.5 Å². The summed E-state index contributed by atoms with van der Waals surface area (Å²) in [5.41, 5.74) is 11.8. The molecule has 0 amide bonds. The zero-order chi connectivity index (χ0) is 18.5. The Hall–Kier alpha value is -2.84. The number of hydrogen-bond acceptors (Lipinski definition) is 5. The van der Waals surface area contributed by atoms with Crippen LogP contribution in [0.3, 0.4) is 0 Å². The maximum atomic E-state index is 9.43. The zero-order valence-electron chi connectivity index (χ0n) is 14.9. The lowest BCUT2D eigenvalue weighted by Crippen LogP contribution is -2.06. The number of thioether (sulfide) groups is 1. The standard InChI is InChI=1S/C21H20N4S/c1-14-6-8-16(9-7-14)11-19-18(12-22)20(23)25-21(24-19)26-13-17-5-3-4-15(2)10-17/h3-10H,11,13H2,1-2H3,(H2,23,24,25). The number of anilines is 1. The van der Waals surface area contributed by atoms with Crippen molar-refractivity contribution in [2.75, 3.05) is 5.73 Å². The Labute approximate surface area is 158 Å². The largest absolute Gasteiger partial charge is 0.382 e. The Morgan fingerprint density at radius 3 is 2.46 bits per heavy atom. The van der Waals surface area contributed by atoms with Crippen molar-refractivity contribution in [1.29, 1.82) is 5.26 Å². The van der Waals surface area contributed by atoms with Gasteiger partial charge in [-0.05, 0) is 25.0 Å². The predicted octanol–water partition coefficient (Wildman–Crippen LogP) is 4.43. The normalized spacial score (nSPS) is 10.5. The second kappa shape index (κ2) is 8.03. The van der Waals surface area contributed by atoms with Crippen LogP contribution < -0.4 is 5.73 Å². The molecule has 5 heteroatoms. The van der Waals surface area contributed by atoms with E-state index in [0.29, 0.717) is 22.8 Å². The lowest BCUT2D eigenvalue weighted by Gasteiger charge is -2.09. The Balaban J connectivity index is 1.84. The lowest BCUT2D eigenvalue weighted by atomic mass is 10.0. The molecule has 2 aromatic carbocycles. The number of benzene rings is 2. The van der Waals surface area contributed by atoms with Crippen LogP contribution in [0.2, 0.25) is 0 Å². The van der Waals surface area contributed by atoms with Crippen LogP contribution in [0.4, 0.5) is 5.82 Å². The molecule has 0 bridgehead atoms. The van der Waals surface area contributed by atoms with Crippen molar-refractivity contribution in [3.63, 3.8) is 0 Å². The quantitative estimate of drug-likeness (QED) is 0.538. The number of nitrogens with zero attached hydrogens (tertiary/aromatic N) is 3. The van der Waals surface area contributed by atoms with Crippen LogP contribution in [0.15, 0.2) is 53.7 Å². The number of aromatic nitrogens is 2. The number of nitriles is 1. The van der Waals surface area contributed by atoms with E-state index >= 15 is 0 Å². The maximum absolute atomic E-state index is 9.43. The van der Waals surface area contributed by atoms with Crippen LogP contribution in [0.25, 0.3) is 0 Å². The molecule has 1 heterocycles. The van der Waals surface area contributed by atoms with E-state index in [1.165, 1.54) is 28.5 Å². The van der Waals surface area contributed by atoms with E-state index in [2.05, 4.69) is 53.3 Å². The van der Waals surface area contributed by atoms with E-state index in [1.807, 2.05) is 25.1 Å². The first-order valence-corrected chi connectivity index (χ1v) is 9.34. The Kier molecular flexibility index (Phi) is 5.55. The van der Waals surface area contributed by atoms with Crippen LogP contribution in [0, 0.1) is 25.2 Å². The topological polar surface area (TPSA) is 75.6 Å². The third kappa shape index (κ3) is 4.41. The highest BCUT2D eigenvalue weighted by Gasteiger charge is 2.13. The summed E-state index contributed by atoms with van der Waals surface area (Å²) in [6, 6.07) is 18.7. The molecule has 2 N–H and O–H groups in total. The van der Waals surface area contributed by atoms with E-state index in [9.17, 15) is 5.26 Å². The third-order valence-electron chi connectivity index (χ3n) is 4.05. The van der Waals surface area contributed by atoms with Crippen LogP contribution in [0.5, 0.6) is 0 Å². The van der Waals surface area contributed by atoms with Crippen molar-refractivity contribution < 1.29 is 0 Å². The molecule has 0 unspecified atom stereocenters. The minimum absolute atomic E-state index is 0.247. The van der Waals surface area contributed by atoms with E-state index in [-0.39, 0.29) is 5.82 Å². The number of nitrogen functional groups attached to an aromatic ring is 1. The number of hydrogen-bond donors (Lipinski definition) is 1. The molecule has 0 aliphatic carbocycles. The molecule has 0 atom stereocenters. The molecule has 3 rings (SSSR count). The molecule has 26 heavy (non-hydrogen) atoms. The van der Waals surface area contributed by atoms with Crippen LogP contribution in [0.1, 0.15) is 33.5 Å². The van der Waals surface area contributed by atoms with Gasteiger partial charge in [-0.1, -0.05) is 71.4 Å². The Bertz CT molecular complexity index is 959. The van der Waals surface area contributed by atoms with E-state index in [0.717, 1.165) is 11.3 Å². The van der Waals surface area contributed by atoms with E-state index in [1.54, 1.807) is 0 Å². The van der Waals surface area contributed by atoms with Crippen molar-refractivity contribution in [1.82, 2.24) is 9.97 Å². The highest BCUT2D eigenvalue weighted by molar-refractivity contribution is 7.98. The minimum Gasteiger partial charge on any atom is -0.382 e. The molecule has 0 saturated heterocycles. The molecule has 0 saturated carbocycles. The van der Waals surface area contributed by atoms with Crippen molar-refractivity contribution in [2.24, 2.45) is 0 Å². The molecular formula is C21H20N4S. The summed E-state index contributed by atoms with van der Waals surface area (Å²) in [4.78, 5) is 8.91. The lowest BCUT2D eigenvalue weighted by molar-refractivity contribution is 0.901. The van der Waals surface area contributed by atoms with Gasteiger partial charge in [-0.25, -0.2) is 9.97 Å². The second-order valence-electron chi connectivity index (χ2n) is 6.27. The smallest absolute Gasteiger partial charge is 0.190 e. The maximum Gasteiger partial charge on any atom is 0.190 e. The first-order valence-electron chi connectivity index (χ1n) is 8.35. The van der Waals surface area contributed by atoms with Gasteiger partial charge in [0, 0.05) is 12.2 Å². The first kappa shape index (κ1) is 18.0. The van der Waals surface area contributed by atoms with Gasteiger partial charge in [0.05, 0.1) is 5.69 Å². The summed E-state index contributed by atoms with van der Waals surface area (Å²) >= 11 is 1.53. The number of nitrogens with two attached hydrogens (primary N) is 1. The Morgan fingerprint density at radius 1 is 1.00 bits per heavy atom. The average Bonchev–Trinajstić information content (AvgIpc) is 2.62. The fraction of sp³-hybridized carbons (Fsp3) is 0.190. The van der Waals surface area contributed by atoms with E-state index < -0.39 is 0 Å². The summed E-state index contributed by atoms with van der Waals surface area (Å²) in [6.45, 7) is 4.12. The summed E-state index contributed by atoms with van der Waals surface area (Å²) in [5.74, 6) is 1.01. The minimum atomic E-state index is 0.247. The van der Waals surface area contributed by atoms with Crippen molar-refractivity contribution in [2.45, 2.75) is 31.2 Å². The average molecular weight is 360 g/mol. The van der Waals surface area contributed by atoms with Crippen LogP contribution in [-0.4, -0.2) is 9.97 Å². The first-order chi connectivity index (χ1) is 12.5. The van der Waals surface area contributed by atoms with Gasteiger partial charge in [0.15, 0.2) is 5.16 Å². The molecule has 0 radical (unpaired) electrons. The number of rotatable bonds is 5. The summed E-state index contributed by atoms with van der Waals surface area (Å²) in [7, 11) is 0. The van der Waals surface area contributed by atoms with Crippen molar-refractivity contribution >= 4 is 17.6 Å². The third-order valence-corrected chi connectivity index (χ3v) is 4.96. The van der Waals surface area contributed by atoms with Gasteiger partial charge in [0.25, 0.3) is 0 Å². The van der Waals surface area contributed by atoms with Gasteiger partial charge < -0.3 is 5.73 Å². The van der Waals surface area contributed by atoms with Gasteiger partial charge in [-0.3, -0.25) is 0 Å². The molecule has 0 aliphatic heterocycles. The molecular weight excluding hydrogens is 340 g/mol. The van der Waals surface area contributed by atoms with Gasteiger partial charge in [-0.15, -0.1) is 0 Å². The fourth-order valence-corrected chi connectivity index (χ4v) is 3.48. The van der Waals surface area contributed by atoms with Crippen molar-refractivity contribution in [3.05, 3.63) is 82.0 Å². The molecule has 0 fully saturated rings. The van der Waals surface area contributed by atoms with E-state index in [4.69, 9.17) is 5.73 Å². The van der Waals surface area contributed by atoms with Crippen LogP contribution >= 0.6 is 11.8 Å². The van der Waals surface area contributed by atoms with Gasteiger partial charge in [0.2, 0.25) is 0 Å². The fourth-order valence-electron chi connectivity index (χ4n) is 2.67.